The second-order valence-electron chi connectivity index (χ2n) is 8.27. The summed E-state index contributed by atoms with van der Waals surface area (Å²) in [6.45, 7) is 3.45. The number of nitrogens with zero attached hydrogens (tertiary/aromatic N) is 4. The van der Waals surface area contributed by atoms with Crippen LogP contribution in [0.5, 0.6) is 0 Å². The number of carbonyl (C=O) groups excluding carboxylic acids is 1. The van der Waals surface area contributed by atoms with Gasteiger partial charge in [0.05, 0.1) is 5.39 Å². The van der Waals surface area contributed by atoms with Gasteiger partial charge in [0.1, 0.15) is 12.1 Å². The monoisotopic (exact) mass is 445 g/mol. The third-order valence-electron chi connectivity index (χ3n) is 6.28. The van der Waals surface area contributed by atoms with E-state index < -0.39 is 0 Å². The summed E-state index contributed by atoms with van der Waals surface area (Å²) in [6, 6.07) is 16.3. The first-order chi connectivity index (χ1) is 15.5. The van der Waals surface area contributed by atoms with E-state index in [1.807, 2.05) is 37.3 Å². The Morgan fingerprint density at radius 2 is 1.84 bits per heavy atom. The maximum Gasteiger partial charge on any atom is 0.220 e. The van der Waals surface area contributed by atoms with E-state index in [1.165, 1.54) is 0 Å². The van der Waals surface area contributed by atoms with Crippen LogP contribution >= 0.6 is 11.6 Å². The van der Waals surface area contributed by atoms with Crippen LogP contribution in [-0.2, 0) is 4.79 Å². The Balaban J connectivity index is 1.68. The van der Waals surface area contributed by atoms with Crippen molar-refractivity contribution >= 4 is 34.4 Å². The van der Waals surface area contributed by atoms with Gasteiger partial charge >= 0.3 is 0 Å². The van der Waals surface area contributed by atoms with Gasteiger partial charge < -0.3 is 15.2 Å². The number of nitrogens with two attached hydrogens (primary N) is 1. The fourth-order valence-electron chi connectivity index (χ4n) is 4.43. The second kappa shape index (κ2) is 8.28. The minimum absolute atomic E-state index is 0.0727. The minimum atomic E-state index is -0.218. The molecule has 0 saturated carbocycles. The molecule has 5 rings (SSSR count). The van der Waals surface area contributed by atoms with Crippen molar-refractivity contribution in [2.75, 3.05) is 18.0 Å². The highest BCUT2D eigenvalue weighted by Crippen LogP contribution is 2.38. The van der Waals surface area contributed by atoms with E-state index in [2.05, 4.69) is 43.8 Å². The first kappa shape index (κ1) is 20.5. The minimum Gasteiger partial charge on any atom is -0.369 e. The van der Waals surface area contributed by atoms with Crippen LogP contribution in [0.4, 0.5) is 5.82 Å². The molecule has 2 aromatic heterocycles. The molecule has 6 nitrogen and oxygen atoms in total. The van der Waals surface area contributed by atoms with Crippen LogP contribution in [0.2, 0.25) is 5.02 Å². The number of primary amides is 1. The third-order valence-corrected chi connectivity index (χ3v) is 6.69. The predicted octanol–water partition coefficient (Wildman–Crippen LogP) is 4.75. The van der Waals surface area contributed by atoms with E-state index in [4.69, 9.17) is 17.3 Å². The lowest BCUT2D eigenvalue weighted by Gasteiger charge is -2.31. The molecule has 32 heavy (non-hydrogen) atoms. The molecule has 0 radical (unpaired) electrons. The highest BCUT2D eigenvalue weighted by atomic mass is 35.5. The standard InChI is InChI=1S/C25H24ClN5O/c1-16-7-8-19(13-21(16)26)31-14-20(17-5-3-2-4-6-17)22-24(28-15-29-25(22)31)30-11-9-18(10-12-30)23(27)32/h2-8,13-15,18H,9-12H2,1H3,(H2,27,32). The average Bonchev–Trinajstić information content (AvgIpc) is 3.21. The zero-order valence-electron chi connectivity index (χ0n) is 17.8. The van der Waals surface area contributed by atoms with Crippen LogP contribution in [0, 0.1) is 12.8 Å². The topological polar surface area (TPSA) is 77.0 Å². The zero-order valence-corrected chi connectivity index (χ0v) is 18.6. The number of piperidine rings is 1. The van der Waals surface area contributed by atoms with Gasteiger partial charge in [-0.05, 0) is 43.0 Å². The number of aryl methyl sites for hydroxylation is 1. The number of aromatic nitrogens is 3. The van der Waals surface area contributed by atoms with E-state index >= 15 is 0 Å². The highest BCUT2D eigenvalue weighted by molar-refractivity contribution is 6.31. The number of hydrogen-bond acceptors (Lipinski definition) is 4. The van der Waals surface area contributed by atoms with Crippen LogP contribution in [0.15, 0.2) is 61.1 Å². The van der Waals surface area contributed by atoms with Gasteiger partial charge in [-0.3, -0.25) is 4.79 Å². The number of hydrogen-bond donors (Lipinski definition) is 1. The highest BCUT2D eigenvalue weighted by Gasteiger charge is 2.27. The lowest BCUT2D eigenvalue weighted by Crippen LogP contribution is -2.39. The number of rotatable bonds is 4. The molecule has 3 heterocycles. The molecule has 0 spiro atoms. The molecular weight excluding hydrogens is 422 g/mol. The maximum atomic E-state index is 11.6. The molecule has 2 N–H and O–H groups in total. The van der Waals surface area contributed by atoms with E-state index in [9.17, 15) is 4.79 Å². The van der Waals surface area contributed by atoms with Gasteiger partial charge in [-0.1, -0.05) is 48.0 Å². The van der Waals surface area contributed by atoms with E-state index in [-0.39, 0.29) is 11.8 Å². The van der Waals surface area contributed by atoms with Gasteiger partial charge in [0, 0.05) is 41.5 Å². The molecule has 7 heteroatoms. The molecule has 4 aromatic rings. The van der Waals surface area contributed by atoms with Gasteiger partial charge in [-0.15, -0.1) is 0 Å². The summed E-state index contributed by atoms with van der Waals surface area (Å²) in [4.78, 5) is 23.2. The molecule has 0 atom stereocenters. The van der Waals surface area contributed by atoms with Crippen molar-refractivity contribution in [3.63, 3.8) is 0 Å². The first-order valence-electron chi connectivity index (χ1n) is 10.7. The molecule has 1 aliphatic rings. The molecule has 1 aliphatic heterocycles. The van der Waals surface area contributed by atoms with Crippen molar-refractivity contribution in [1.82, 2.24) is 14.5 Å². The molecule has 1 fully saturated rings. The Hall–Kier alpha value is -3.38. The van der Waals surface area contributed by atoms with Crippen molar-refractivity contribution in [2.24, 2.45) is 11.7 Å². The molecule has 162 valence electrons. The Kier molecular flexibility index (Phi) is 5.31. The van der Waals surface area contributed by atoms with Gasteiger partial charge in [0.15, 0.2) is 5.65 Å². The lowest BCUT2D eigenvalue weighted by molar-refractivity contribution is -0.122. The molecule has 0 unspecified atom stereocenters. The Labute approximate surface area is 191 Å². The number of carbonyl (C=O) groups is 1. The van der Waals surface area contributed by atoms with Crippen molar-refractivity contribution in [2.45, 2.75) is 19.8 Å². The van der Waals surface area contributed by atoms with Gasteiger partial charge in [-0.2, -0.15) is 0 Å². The molecule has 2 aromatic carbocycles. The first-order valence-corrected chi connectivity index (χ1v) is 11.1. The Morgan fingerprint density at radius 1 is 1.09 bits per heavy atom. The van der Waals surface area contributed by atoms with Crippen molar-refractivity contribution in [3.05, 3.63) is 71.6 Å². The number of fused-ring (bicyclic) bond motifs is 1. The fraction of sp³-hybridized carbons (Fsp3) is 0.240. The van der Waals surface area contributed by atoms with E-state index in [0.29, 0.717) is 5.02 Å². The number of halogens is 1. The summed E-state index contributed by atoms with van der Waals surface area (Å²) in [5, 5.41) is 1.71. The van der Waals surface area contributed by atoms with Gasteiger partial charge in [-0.25, -0.2) is 9.97 Å². The van der Waals surface area contributed by atoms with Gasteiger partial charge in [0.25, 0.3) is 0 Å². The number of anilines is 1. The lowest BCUT2D eigenvalue weighted by atomic mass is 9.96. The van der Waals surface area contributed by atoms with Crippen LogP contribution in [-0.4, -0.2) is 33.5 Å². The Bertz CT molecular complexity index is 1290. The maximum absolute atomic E-state index is 11.6. The Morgan fingerprint density at radius 3 is 2.53 bits per heavy atom. The predicted molar refractivity (Wildman–Crippen MR) is 128 cm³/mol. The van der Waals surface area contributed by atoms with Crippen molar-refractivity contribution < 1.29 is 4.79 Å². The summed E-state index contributed by atoms with van der Waals surface area (Å²) in [5.41, 5.74) is 10.5. The van der Waals surface area contributed by atoms with Crippen LogP contribution in [0.25, 0.3) is 27.8 Å². The third kappa shape index (κ3) is 3.60. The van der Waals surface area contributed by atoms with E-state index in [0.717, 1.165) is 65.2 Å². The summed E-state index contributed by atoms with van der Waals surface area (Å²) >= 11 is 6.44. The smallest absolute Gasteiger partial charge is 0.220 e. The normalized spacial score (nSPS) is 14.8. The number of amides is 1. The quantitative estimate of drug-likeness (QED) is 0.491. The second-order valence-corrected chi connectivity index (χ2v) is 8.68. The summed E-state index contributed by atoms with van der Waals surface area (Å²) in [6.07, 6.45) is 5.18. The summed E-state index contributed by atoms with van der Waals surface area (Å²) in [7, 11) is 0. The SMILES string of the molecule is Cc1ccc(-n2cc(-c3ccccc3)c3c(N4CCC(C(N)=O)CC4)ncnc32)cc1Cl. The van der Waals surface area contributed by atoms with Crippen LogP contribution in [0.3, 0.4) is 0 Å². The van der Waals surface area contributed by atoms with Crippen LogP contribution in [0.1, 0.15) is 18.4 Å². The zero-order chi connectivity index (χ0) is 22.2. The molecular formula is C25H24ClN5O. The molecule has 0 aliphatic carbocycles. The van der Waals surface area contributed by atoms with E-state index in [1.54, 1.807) is 6.33 Å². The van der Waals surface area contributed by atoms with Crippen LogP contribution < -0.4 is 10.6 Å². The van der Waals surface area contributed by atoms with Crippen molar-refractivity contribution in [3.8, 4) is 16.8 Å². The summed E-state index contributed by atoms with van der Waals surface area (Å²) in [5.74, 6) is 0.593. The molecule has 1 amide bonds. The van der Waals surface area contributed by atoms with Crippen molar-refractivity contribution in [1.29, 1.82) is 0 Å². The average molecular weight is 446 g/mol. The number of benzene rings is 2. The fourth-order valence-corrected chi connectivity index (χ4v) is 4.60. The molecule has 0 bridgehead atoms. The van der Waals surface area contributed by atoms with Gasteiger partial charge in [0.2, 0.25) is 5.91 Å². The summed E-state index contributed by atoms with van der Waals surface area (Å²) < 4.78 is 2.07. The molecule has 1 saturated heterocycles. The largest absolute Gasteiger partial charge is 0.369 e.